The molecule has 0 saturated carbocycles. The second-order valence-corrected chi connectivity index (χ2v) is 3.94. The quantitative estimate of drug-likeness (QED) is 0.437. The van der Waals surface area contributed by atoms with Crippen molar-refractivity contribution in [3.63, 3.8) is 0 Å². The summed E-state index contributed by atoms with van der Waals surface area (Å²) in [6.45, 7) is 2.38. The number of hydrogen-bond acceptors (Lipinski definition) is 5. The van der Waals surface area contributed by atoms with Crippen LogP contribution in [0.2, 0.25) is 0 Å². The average Bonchev–Trinajstić information content (AvgIpc) is 2.75. The number of fused-ring (bicyclic) bond motifs is 1. The summed E-state index contributed by atoms with van der Waals surface area (Å²) >= 11 is 0. The number of benzene rings is 1. The summed E-state index contributed by atoms with van der Waals surface area (Å²) in [4.78, 5) is 11.5. The van der Waals surface area contributed by atoms with Crippen LogP contribution in [-0.4, -0.2) is 29.3 Å². The Hall–Kier alpha value is -1.85. The van der Waals surface area contributed by atoms with Crippen molar-refractivity contribution < 1.29 is 19.7 Å². The Kier molecular flexibility index (Phi) is 6.05. The van der Waals surface area contributed by atoms with Crippen molar-refractivity contribution in [1.29, 1.82) is 0 Å². The van der Waals surface area contributed by atoms with Crippen molar-refractivity contribution in [2.45, 2.75) is 19.3 Å². The zero-order valence-electron chi connectivity index (χ0n) is 10.9. The van der Waals surface area contributed by atoms with Crippen molar-refractivity contribution in [3.05, 3.63) is 41.7 Å². The third kappa shape index (κ3) is 3.81. The first kappa shape index (κ1) is 15.2. The molecule has 1 atom stereocenters. The van der Waals surface area contributed by atoms with Gasteiger partial charge >= 0.3 is 5.97 Å². The highest BCUT2D eigenvalue weighted by atomic mass is 16.5. The summed E-state index contributed by atoms with van der Waals surface area (Å²) in [7, 11) is 0. The van der Waals surface area contributed by atoms with Crippen LogP contribution in [0.5, 0.6) is 5.75 Å². The van der Waals surface area contributed by atoms with E-state index in [0.29, 0.717) is 18.7 Å². The number of esters is 1. The molecule has 0 fully saturated rings. The lowest BCUT2D eigenvalue weighted by molar-refractivity contribution is -0.133. The maximum atomic E-state index is 11.5. The molecule has 1 aliphatic rings. The number of hydrogen-bond donors (Lipinski definition) is 3. The van der Waals surface area contributed by atoms with Crippen molar-refractivity contribution in [2.75, 3.05) is 13.2 Å². The number of ether oxygens (including phenoxy) is 1. The summed E-state index contributed by atoms with van der Waals surface area (Å²) in [5.74, 6) is -0.421. The van der Waals surface area contributed by atoms with Gasteiger partial charge in [0.25, 0.3) is 0 Å². The average molecular weight is 265 g/mol. The number of rotatable bonds is 3. The van der Waals surface area contributed by atoms with E-state index in [4.69, 9.17) is 15.6 Å². The third-order valence-corrected chi connectivity index (χ3v) is 2.51. The largest absolute Gasteiger partial charge is 0.511 e. The van der Waals surface area contributed by atoms with Crippen LogP contribution >= 0.6 is 0 Å². The van der Waals surface area contributed by atoms with Gasteiger partial charge in [-0.2, -0.15) is 0 Å². The molecule has 0 radical (unpaired) electrons. The van der Waals surface area contributed by atoms with E-state index in [1.54, 1.807) is 24.3 Å². The number of para-hydroxylation sites is 1. The van der Waals surface area contributed by atoms with Gasteiger partial charge in [0.1, 0.15) is 17.4 Å². The van der Waals surface area contributed by atoms with E-state index in [9.17, 15) is 9.90 Å². The van der Waals surface area contributed by atoms with E-state index in [1.165, 1.54) is 0 Å². The standard InChI is InChI=1S/C12H12O3.C2H7NO/c1-2-5-9(13)11-8-6-3-4-7-10(8)15-12(11)14;3-1-2-4/h3-7,11,13H,2H2,1H3;4H,1-3H2/b9-5-;. The SMILES string of the molecule is CC/C=C(\O)C1C(=O)Oc2ccccc21.NCCO. The Balaban J connectivity index is 0.000000399. The first-order valence-electron chi connectivity index (χ1n) is 6.16. The number of carbonyl (C=O) groups excluding carboxylic acids is 1. The second-order valence-electron chi connectivity index (χ2n) is 3.94. The summed E-state index contributed by atoms with van der Waals surface area (Å²) in [5, 5.41) is 17.5. The van der Waals surface area contributed by atoms with Gasteiger partial charge in [0.15, 0.2) is 0 Å². The predicted octanol–water partition coefficient (Wildman–Crippen LogP) is 1.48. The van der Waals surface area contributed by atoms with E-state index >= 15 is 0 Å². The van der Waals surface area contributed by atoms with Crippen LogP contribution < -0.4 is 10.5 Å². The fourth-order valence-corrected chi connectivity index (χ4v) is 1.71. The molecule has 104 valence electrons. The molecule has 1 aromatic carbocycles. The van der Waals surface area contributed by atoms with E-state index in [-0.39, 0.29) is 12.4 Å². The Labute approximate surface area is 112 Å². The third-order valence-electron chi connectivity index (χ3n) is 2.51. The van der Waals surface area contributed by atoms with Gasteiger partial charge in [-0.15, -0.1) is 0 Å². The van der Waals surface area contributed by atoms with Crippen LogP contribution in [0.25, 0.3) is 0 Å². The van der Waals surface area contributed by atoms with Crippen LogP contribution in [0.1, 0.15) is 24.8 Å². The minimum absolute atomic E-state index is 0.0763. The number of aliphatic hydroxyl groups is 2. The number of aliphatic hydroxyl groups excluding tert-OH is 2. The van der Waals surface area contributed by atoms with Gasteiger partial charge in [-0.25, -0.2) is 0 Å². The predicted molar refractivity (Wildman–Crippen MR) is 72.0 cm³/mol. The molecule has 1 aromatic rings. The van der Waals surface area contributed by atoms with Crippen LogP contribution in [0.3, 0.4) is 0 Å². The monoisotopic (exact) mass is 265 g/mol. The highest BCUT2D eigenvalue weighted by Crippen LogP contribution is 2.37. The number of allylic oxidation sites excluding steroid dienone is 1. The summed E-state index contributed by atoms with van der Waals surface area (Å²) in [5.41, 5.74) is 5.52. The molecule has 5 heteroatoms. The fourth-order valence-electron chi connectivity index (χ4n) is 1.71. The van der Waals surface area contributed by atoms with Gasteiger partial charge in [0, 0.05) is 12.1 Å². The van der Waals surface area contributed by atoms with Gasteiger partial charge in [-0.05, 0) is 18.6 Å². The lowest BCUT2D eigenvalue weighted by Crippen LogP contribution is -2.12. The molecule has 0 saturated heterocycles. The molecule has 0 bridgehead atoms. The molecule has 1 aliphatic heterocycles. The molecular weight excluding hydrogens is 246 g/mol. The Morgan fingerprint density at radius 1 is 1.47 bits per heavy atom. The van der Waals surface area contributed by atoms with Crippen molar-refractivity contribution >= 4 is 5.97 Å². The highest BCUT2D eigenvalue weighted by Gasteiger charge is 2.35. The molecule has 0 amide bonds. The number of nitrogens with two attached hydrogens (primary N) is 1. The van der Waals surface area contributed by atoms with Gasteiger partial charge in [0.05, 0.1) is 6.61 Å². The normalized spacial score (nSPS) is 17.3. The maximum Gasteiger partial charge on any atom is 0.326 e. The maximum absolute atomic E-state index is 11.5. The van der Waals surface area contributed by atoms with Crippen molar-refractivity contribution in [3.8, 4) is 5.75 Å². The summed E-state index contributed by atoms with van der Waals surface area (Å²) < 4.78 is 5.05. The van der Waals surface area contributed by atoms with E-state index < -0.39 is 11.9 Å². The van der Waals surface area contributed by atoms with Crippen LogP contribution in [-0.2, 0) is 4.79 Å². The van der Waals surface area contributed by atoms with Crippen molar-refractivity contribution in [1.82, 2.24) is 0 Å². The second kappa shape index (κ2) is 7.56. The first-order chi connectivity index (χ1) is 9.15. The van der Waals surface area contributed by atoms with E-state index in [0.717, 1.165) is 5.56 Å². The van der Waals surface area contributed by atoms with Crippen LogP contribution in [0.4, 0.5) is 0 Å². The molecular formula is C14H19NO4. The van der Waals surface area contributed by atoms with Crippen LogP contribution in [0, 0.1) is 0 Å². The summed E-state index contributed by atoms with van der Waals surface area (Å²) in [6, 6.07) is 7.15. The zero-order valence-corrected chi connectivity index (χ0v) is 10.9. The van der Waals surface area contributed by atoms with Crippen LogP contribution in [0.15, 0.2) is 36.1 Å². The van der Waals surface area contributed by atoms with E-state index in [1.807, 2.05) is 13.0 Å². The van der Waals surface area contributed by atoms with Gasteiger partial charge in [0.2, 0.25) is 0 Å². The molecule has 4 N–H and O–H groups in total. The Morgan fingerprint density at radius 3 is 2.68 bits per heavy atom. The summed E-state index contributed by atoms with van der Waals surface area (Å²) in [6.07, 6.45) is 2.33. The molecule has 0 aromatic heterocycles. The number of carbonyl (C=O) groups is 1. The lowest BCUT2D eigenvalue weighted by Gasteiger charge is -2.05. The fraction of sp³-hybridized carbons (Fsp3) is 0.357. The molecule has 0 spiro atoms. The minimum atomic E-state index is -0.638. The molecule has 5 nitrogen and oxygen atoms in total. The zero-order chi connectivity index (χ0) is 14.3. The molecule has 2 rings (SSSR count). The molecule has 1 unspecified atom stereocenters. The Morgan fingerprint density at radius 2 is 2.11 bits per heavy atom. The Bertz CT molecular complexity index is 455. The van der Waals surface area contributed by atoms with E-state index in [2.05, 4.69) is 0 Å². The molecule has 19 heavy (non-hydrogen) atoms. The highest BCUT2D eigenvalue weighted by molar-refractivity contribution is 5.88. The minimum Gasteiger partial charge on any atom is -0.511 e. The van der Waals surface area contributed by atoms with Crippen molar-refractivity contribution in [2.24, 2.45) is 5.73 Å². The van der Waals surface area contributed by atoms with Gasteiger partial charge < -0.3 is 20.7 Å². The van der Waals surface area contributed by atoms with Gasteiger partial charge in [-0.1, -0.05) is 25.1 Å². The topological polar surface area (TPSA) is 92.8 Å². The lowest BCUT2D eigenvalue weighted by atomic mass is 9.98. The molecule has 1 heterocycles. The van der Waals surface area contributed by atoms with Gasteiger partial charge in [-0.3, -0.25) is 4.79 Å². The smallest absolute Gasteiger partial charge is 0.326 e. The first-order valence-corrected chi connectivity index (χ1v) is 6.16. The molecule has 0 aliphatic carbocycles.